The Kier molecular flexibility index (Phi) is 5.54. The highest BCUT2D eigenvalue weighted by Crippen LogP contribution is 2.24. The first-order valence-electron chi connectivity index (χ1n) is 10.1. The molecule has 8 nitrogen and oxygen atoms in total. The molecule has 0 aliphatic carbocycles. The lowest BCUT2D eigenvalue weighted by atomic mass is 10.0. The number of benzene rings is 1. The van der Waals surface area contributed by atoms with Gasteiger partial charge in [0.25, 0.3) is 0 Å². The molecule has 1 aromatic heterocycles. The van der Waals surface area contributed by atoms with E-state index < -0.39 is 16.1 Å². The third-order valence-corrected chi connectivity index (χ3v) is 7.43. The molecule has 1 aromatic carbocycles. The molecule has 2 aromatic rings. The second kappa shape index (κ2) is 7.97. The molecule has 0 unspecified atom stereocenters. The molecule has 2 aliphatic rings. The molecule has 156 valence electrons. The monoisotopic (exact) mass is 417 g/mol. The SMILES string of the molecule is CC(C)N1CCC(N2CC[C@H](NS(=O)(=O)c3ccc4nccnc4c3)C2=O)CC1. The number of sulfonamides is 1. The van der Waals surface area contributed by atoms with Crippen molar-refractivity contribution < 1.29 is 13.2 Å². The number of carbonyl (C=O) groups is 1. The molecule has 4 rings (SSSR count). The van der Waals surface area contributed by atoms with Crippen LogP contribution in [0.2, 0.25) is 0 Å². The average molecular weight is 418 g/mol. The predicted octanol–water partition coefficient (Wildman–Crippen LogP) is 1.38. The summed E-state index contributed by atoms with van der Waals surface area (Å²) < 4.78 is 28.3. The highest BCUT2D eigenvalue weighted by atomic mass is 32.2. The fraction of sp³-hybridized carbons (Fsp3) is 0.550. The van der Waals surface area contributed by atoms with Crippen LogP contribution in [0.4, 0.5) is 0 Å². The maximum Gasteiger partial charge on any atom is 0.241 e. The van der Waals surface area contributed by atoms with Crippen LogP contribution >= 0.6 is 0 Å². The number of fused-ring (bicyclic) bond motifs is 1. The third kappa shape index (κ3) is 4.12. The van der Waals surface area contributed by atoms with E-state index in [0.29, 0.717) is 30.0 Å². The summed E-state index contributed by atoms with van der Waals surface area (Å²) in [6.07, 6.45) is 5.45. The van der Waals surface area contributed by atoms with Gasteiger partial charge >= 0.3 is 0 Å². The number of hydrogen-bond acceptors (Lipinski definition) is 6. The molecule has 1 N–H and O–H groups in total. The van der Waals surface area contributed by atoms with Crippen LogP contribution in [0.15, 0.2) is 35.5 Å². The molecule has 2 fully saturated rings. The second-order valence-electron chi connectivity index (χ2n) is 8.06. The molecule has 0 saturated carbocycles. The Hall–Kier alpha value is -2.10. The van der Waals surface area contributed by atoms with E-state index >= 15 is 0 Å². The van der Waals surface area contributed by atoms with E-state index in [2.05, 4.69) is 33.4 Å². The van der Waals surface area contributed by atoms with Crippen LogP contribution in [0.5, 0.6) is 0 Å². The normalized spacial score (nSPS) is 22.1. The number of hydrogen-bond donors (Lipinski definition) is 1. The lowest BCUT2D eigenvalue weighted by Crippen LogP contribution is -2.49. The lowest BCUT2D eigenvalue weighted by molar-refractivity contribution is -0.131. The molecule has 3 heterocycles. The highest BCUT2D eigenvalue weighted by Gasteiger charge is 2.39. The molecule has 1 amide bonds. The first-order valence-corrected chi connectivity index (χ1v) is 11.6. The Morgan fingerprint density at radius 1 is 1.03 bits per heavy atom. The van der Waals surface area contributed by atoms with Crippen molar-refractivity contribution in [3.8, 4) is 0 Å². The van der Waals surface area contributed by atoms with Crippen molar-refractivity contribution in [2.24, 2.45) is 0 Å². The minimum absolute atomic E-state index is 0.0991. The van der Waals surface area contributed by atoms with Crippen molar-refractivity contribution in [2.45, 2.75) is 56.1 Å². The number of carbonyl (C=O) groups excluding carboxylic acids is 1. The summed E-state index contributed by atoms with van der Waals surface area (Å²) in [7, 11) is -3.82. The Labute approximate surface area is 171 Å². The van der Waals surface area contributed by atoms with Gasteiger partial charge in [0.2, 0.25) is 15.9 Å². The van der Waals surface area contributed by atoms with Crippen LogP contribution in [-0.2, 0) is 14.8 Å². The largest absolute Gasteiger partial charge is 0.338 e. The Morgan fingerprint density at radius 3 is 2.41 bits per heavy atom. The maximum atomic E-state index is 12.9. The van der Waals surface area contributed by atoms with E-state index in [1.165, 1.54) is 18.3 Å². The number of nitrogens with one attached hydrogen (secondary N) is 1. The van der Waals surface area contributed by atoms with E-state index in [1.807, 2.05) is 4.90 Å². The molecule has 2 saturated heterocycles. The van der Waals surface area contributed by atoms with Crippen LogP contribution in [-0.4, -0.2) is 71.9 Å². The van der Waals surface area contributed by atoms with Crippen LogP contribution in [0.1, 0.15) is 33.1 Å². The summed E-state index contributed by atoms with van der Waals surface area (Å²) in [4.78, 5) is 25.6. The molecule has 9 heteroatoms. The van der Waals surface area contributed by atoms with Crippen molar-refractivity contribution >= 4 is 27.0 Å². The number of amides is 1. The van der Waals surface area contributed by atoms with E-state index in [4.69, 9.17) is 0 Å². The van der Waals surface area contributed by atoms with Crippen molar-refractivity contribution in [3.63, 3.8) is 0 Å². The van der Waals surface area contributed by atoms with Crippen LogP contribution < -0.4 is 4.72 Å². The molecule has 29 heavy (non-hydrogen) atoms. The lowest BCUT2D eigenvalue weighted by Gasteiger charge is -2.38. The van der Waals surface area contributed by atoms with Gasteiger partial charge in [-0.15, -0.1) is 0 Å². The summed E-state index contributed by atoms with van der Waals surface area (Å²) in [6.45, 7) is 6.91. The van der Waals surface area contributed by atoms with Gasteiger partial charge in [-0.2, -0.15) is 4.72 Å². The van der Waals surface area contributed by atoms with Crippen molar-refractivity contribution in [1.82, 2.24) is 24.5 Å². The number of nitrogens with zero attached hydrogens (tertiary/aromatic N) is 4. The fourth-order valence-corrected chi connectivity index (χ4v) is 5.50. The van der Waals surface area contributed by atoms with E-state index in [1.54, 1.807) is 12.3 Å². The van der Waals surface area contributed by atoms with E-state index in [9.17, 15) is 13.2 Å². The quantitative estimate of drug-likeness (QED) is 0.790. The topological polar surface area (TPSA) is 95.5 Å². The van der Waals surface area contributed by atoms with Gasteiger partial charge in [-0.05, 0) is 51.3 Å². The van der Waals surface area contributed by atoms with E-state index in [0.717, 1.165) is 25.9 Å². The standard InChI is InChI=1S/C20H27N5O3S/c1-14(2)24-10-5-15(6-11-24)25-12-7-18(20(25)26)23-29(27,28)16-3-4-17-19(13-16)22-9-8-21-17/h3-4,8-9,13-15,18,23H,5-7,10-12H2,1-2H3/t18-/m0/s1. The smallest absolute Gasteiger partial charge is 0.241 e. The number of rotatable bonds is 5. The molecule has 0 bridgehead atoms. The zero-order chi connectivity index (χ0) is 20.6. The first kappa shape index (κ1) is 20.2. The van der Waals surface area contributed by atoms with E-state index in [-0.39, 0.29) is 16.8 Å². The third-order valence-electron chi connectivity index (χ3n) is 5.96. The van der Waals surface area contributed by atoms with Crippen molar-refractivity contribution in [1.29, 1.82) is 0 Å². The van der Waals surface area contributed by atoms with Crippen molar-refractivity contribution in [2.75, 3.05) is 19.6 Å². The van der Waals surface area contributed by atoms with Gasteiger partial charge in [0.05, 0.1) is 15.9 Å². The van der Waals surface area contributed by atoms with Crippen LogP contribution in [0, 0.1) is 0 Å². The fourth-order valence-electron chi connectivity index (χ4n) is 4.25. The van der Waals surface area contributed by atoms with Crippen LogP contribution in [0.25, 0.3) is 11.0 Å². The minimum atomic E-state index is -3.82. The molecule has 0 radical (unpaired) electrons. The molecule has 1 atom stereocenters. The first-order chi connectivity index (χ1) is 13.8. The highest BCUT2D eigenvalue weighted by molar-refractivity contribution is 7.89. The molecule has 2 aliphatic heterocycles. The average Bonchev–Trinajstić information content (AvgIpc) is 3.07. The summed E-state index contributed by atoms with van der Waals surface area (Å²) in [5, 5.41) is 0. The summed E-state index contributed by atoms with van der Waals surface area (Å²) >= 11 is 0. The van der Waals surface area contributed by atoms with Gasteiger partial charge in [-0.1, -0.05) is 0 Å². The van der Waals surface area contributed by atoms with Crippen molar-refractivity contribution in [3.05, 3.63) is 30.6 Å². The van der Waals surface area contributed by atoms with Gasteiger partial charge < -0.3 is 9.80 Å². The van der Waals surface area contributed by atoms with Gasteiger partial charge in [-0.25, -0.2) is 8.42 Å². The number of likely N-dealkylation sites (tertiary alicyclic amines) is 2. The second-order valence-corrected chi connectivity index (χ2v) is 9.78. The van der Waals surface area contributed by atoms with Gasteiger partial charge in [-0.3, -0.25) is 14.8 Å². The van der Waals surface area contributed by atoms with Gasteiger partial charge in [0.15, 0.2) is 0 Å². The summed E-state index contributed by atoms with van der Waals surface area (Å²) in [5.41, 5.74) is 1.13. The number of piperidine rings is 1. The Bertz CT molecular complexity index is 1000. The zero-order valence-corrected chi connectivity index (χ0v) is 17.6. The van der Waals surface area contributed by atoms with Gasteiger partial charge in [0.1, 0.15) is 6.04 Å². The minimum Gasteiger partial charge on any atom is -0.338 e. The molecule has 0 spiro atoms. The molecular weight excluding hydrogens is 390 g/mol. The Morgan fingerprint density at radius 2 is 1.72 bits per heavy atom. The molecular formula is C20H27N5O3S. The predicted molar refractivity (Wildman–Crippen MR) is 110 cm³/mol. The summed E-state index contributed by atoms with van der Waals surface area (Å²) in [5.74, 6) is -0.114. The van der Waals surface area contributed by atoms with Crippen LogP contribution in [0.3, 0.4) is 0 Å². The number of aromatic nitrogens is 2. The Balaban J connectivity index is 1.43. The van der Waals surface area contributed by atoms with Gasteiger partial charge in [0, 0.05) is 44.1 Å². The maximum absolute atomic E-state index is 12.9. The zero-order valence-electron chi connectivity index (χ0n) is 16.8. The summed E-state index contributed by atoms with van der Waals surface area (Å²) in [6, 6.07) is 4.61.